The summed E-state index contributed by atoms with van der Waals surface area (Å²) in [5.41, 5.74) is 1.09. The van der Waals surface area contributed by atoms with Gasteiger partial charge in [-0.25, -0.2) is 15.0 Å². The van der Waals surface area contributed by atoms with Crippen LogP contribution in [-0.4, -0.2) is 26.5 Å². The third-order valence-corrected chi connectivity index (χ3v) is 3.84. The minimum absolute atomic E-state index is 0.276. The third-order valence-electron chi connectivity index (χ3n) is 2.73. The fourth-order valence-corrected chi connectivity index (χ4v) is 2.99. The minimum Gasteiger partial charge on any atom is -0.369 e. The number of thiophene rings is 1. The number of nitrogens with zero attached hydrogens (tertiary/aromatic N) is 3. The SMILES string of the molecule is Cc1cc2c(NCCc3cnc[nH]3)nc(Cl)nc2s1. The standard InChI is InChI=1S/C12H12ClN5S/c1-7-4-9-10(17-12(13)18-11(9)19-7)15-3-2-8-5-14-6-16-8/h4-6H,2-3H2,1H3,(H,14,16)(H,15,17,18). The highest BCUT2D eigenvalue weighted by atomic mass is 35.5. The number of hydrogen-bond donors (Lipinski definition) is 2. The Kier molecular flexibility index (Phi) is 3.35. The molecule has 0 spiro atoms. The first-order valence-electron chi connectivity index (χ1n) is 5.87. The normalized spacial score (nSPS) is 11.1. The molecule has 5 nitrogen and oxygen atoms in total. The van der Waals surface area contributed by atoms with Gasteiger partial charge >= 0.3 is 0 Å². The van der Waals surface area contributed by atoms with Crippen molar-refractivity contribution >= 4 is 39.0 Å². The summed E-state index contributed by atoms with van der Waals surface area (Å²) in [6.45, 7) is 2.81. The maximum absolute atomic E-state index is 5.94. The molecule has 7 heteroatoms. The van der Waals surface area contributed by atoms with E-state index in [1.165, 1.54) is 4.88 Å². The molecule has 3 aromatic heterocycles. The van der Waals surface area contributed by atoms with E-state index in [-0.39, 0.29) is 5.28 Å². The van der Waals surface area contributed by atoms with Crippen molar-refractivity contribution in [2.45, 2.75) is 13.3 Å². The van der Waals surface area contributed by atoms with Crippen molar-refractivity contribution in [3.8, 4) is 0 Å². The zero-order valence-corrected chi connectivity index (χ0v) is 11.8. The second-order valence-corrected chi connectivity index (χ2v) is 5.74. The van der Waals surface area contributed by atoms with Gasteiger partial charge in [0.2, 0.25) is 5.28 Å². The molecule has 3 aromatic rings. The van der Waals surface area contributed by atoms with Crippen LogP contribution in [0.25, 0.3) is 10.2 Å². The number of H-pyrrole nitrogens is 1. The summed E-state index contributed by atoms with van der Waals surface area (Å²) in [5.74, 6) is 0.791. The molecule has 0 aromatic carbocycles. The zero-order chi connectivity index (χ0) is 13.2. The summed E-state index contributed by atoms with van der Waals surface area (Å²) < 4.78 is 0. The third kappa shape index (κ3) is 2.69. The van der Waals surface area contributed by atoms with Gasteiger partial charge in [-0.1, -0.05) is 0 Å². The number of halogens is 1. The number of nitrogens with one attached hydrogen (secondary N) is 2. The van der Waals surface area contributed by atoms with Crippen molar-refractivity contribution in [2.24, 2.45) is 0 Å². The Morgan fingerprint density at radius 1 is 1.42 bits per heavy atom. The number of fused-ring (bicyclic) bond motifs is 1. The maximum Gasteiger partial charge on any atom is 0.225 e. The molecule has 0 saturated carbocycles. The highest BCUT2D eigenvalue weighted by molar-refractivity contribution is 7.18. The largest absolute Gasteiger partial charge is 0.369 e. The van der Waals surface area contributed by atoms with Crippen LogP contribution in [0.2, 0.25) is 5.28 Å². The van der Waals surface area contributed by atoms with Gasteiger partial charge in [0.25, 0.3) is 0 Å². The number of hydrogen-bond acceptors (Lipinski definition) is 5. The molecule has 0 radical (unpaired) electrons. The lowest BCUT2D eigenvalue weighted by molar-refractivity contribution is 0.969. The summed E-state index contributed by atoms with van der Waals surface area (Å²) in [5, 5.41) is 4.60. The first kappa shape index (κ1) is 12.4. The Morgan fingerprint density at radius 2 is 2.32 bits per heavy atom. The molecular weight excluding hydrogens is 282 g/mol. The summed E-state index contributed by atoms with van der Waals surface area (Å²) in [7, 11) is 0. The summed E-state index contributed by atoms with van der Waals surface area (Å²) in [4.78, 5) is 17.7. The van der Waals surface area contributed by atoms with E-state index in [1.807, 2.05) is 6.20 Å². The van der Waals surface area contributed by atoms with E-state index in [9.17, 15) is 0 Å². The van der Waals surface area contributed by atoms with Crippen LogP contribution in [-0.2, 0) is 6.42 Å². The number of rotatable bonds is 4. The predicted molar refractivity (Wildman–Crippen MR) is 77.9 cm³/mol. The number of aromatic amines is 1. The molecule has 0 amide bonds. The topological polar surface area (TPSA) is 66.5 Å². The van der Waals surface area contributed by atoms with E-state index in [0.29, 0.717) is 0 Å². The van der Waals surface area contributed by atoms with E-state index in [1.54, 1.807) is 17.7 Å². The number of anilines is 1. The van der Waals surface area contributed by atoms with Crippen LogP contribution in [0.5, 0.6) is 0 Å². The molecule has 0 bridgehead atoms. The van der Waals surface area contributed by atoms with Crippen molar-refractivity contribution in [2.75, 3.05) is 11.9 Å². The van der Waals surface area contributed by atoms with E-state index in [4.69, 9.17) is 11.6 Å². The van der Waals surface area contributed by atoms with Gasteiger partial charge in [0.05, 0.1) is 11.7 Å². The molecule has 0 aliphatic carbocycles. The molecule has 19 heavy (non-hydrogen) atoms. The van der Waals surface area contributed by atoms with Crippen LogP contribution < -0.4 is 5.32 Å². The second-order valence-electron chi connectivity index (χ2n) is 4.17. The van der Waals surface area contributed by atoms with Gasteiger partial charge in [0, 0.05) is 29.7 Å². The Balaban J connectivity index is 1.79. The monoisotopic (exact) mass is 293 g/mol. The van der Waals surface area contributed by atoms with Crippen LogP contribution in [0.15, 0.2) is 18.6 Å². The molecule has 0 saturated heterocycles. The van der Waals surface area contributed by atoms with Crippen LogP contribution >= 0.6 is 22.9 Å². The quantitative estimate of drug-likeness (QED) is 0.726. The second kappa shape index (κ2) is 5.14. The van der Waals surface area contributed by atoms with Crippen molar-refractivity contribution in [3.63, 3.8) is 0 Å². The first-order valence-corrected chi connectivity index (χ1v) is 7.06. The van der Waals surface area contributed by atoms with Gasteiger partial charge in [-0.15, -0.1) is 11.3 Å². The van der Waals surface area contributed by atoms with E-state index in [0.717, 1.165) is 34.7 Å². The lowest BCUT2D eigenvalue weighted by Gasteiger charge is -2.06. The van der Waals surface area contributed by atoms with Gasteiger partial charge in [0.1, 0.15) is 10.6 Å². The summed E-state index contributed by atoms with van der Waals surface area (Å²) >= 11 is 7.56. The minimum atomic E-state index is 0.276. The average Bonchev–Trinajstić information content (AvgIpc) is 2.97. The van der Waals surface area contributed by atoms with Gasteiger partial charge in [-0.2, -0.15) is 0 Å². The lowest BCUT2D eigenvalue weighted by Crippen LogP contribution is -2.07. The zero-order valence-electron chi connectivity index (χ0n) is 10.3. The fourth-order valence-electron chi connectivity index (χ4n) is 1.89. The van der Waals surface area contributed by atoms with Gasteiger partial charge in [0.15, 0.2) is 0 Å². The van der Waals surface area contributed by atoms with E-state index in [2.05, 4.69) is 38.2 Å². The van der Waals surface area contributed by atoms with E-state index < -0.39 is 0 Å². The van der Waals surface area contributed by atoms with Crippen LogP contribution in [0.4, 0.5) is 5.82 Å². The van der Waals surface area contributed by atoms with Gasteiger partial charge in [-0.3, -0.25) is 0 Å². The average molecular weight is 294 g/mol. The molecule has 0 fully saturated rings. The fraction of sp³-hybridized carbons (Fsp3) is 0.250. The number of imidazole rings is 1. The number of aryl methyl sites for hydroxylation is 1. The van der Waals surface area contributed by atoms with Crippen molar-refractivity contribution < 1.29 is 0 Å². The predicted octanol–water partition coefficient (Wildman–Crippen LogP) is 3.03. The highest BCUT2D eigenvalue weighted by Gasteiger charge is 2.09. The number of aromatic nitrogens is 4. The van der Waals surface area contributed by atoms with E-state index >= 15 is 0 Å². The molecule has 98 valence electrons. The van der Waals surface area contributed by atoms with Gasteiger partial charge < -0.3 is 10.3 Å². The molecule has 0 unspecified atom stereocenters. The molecule has 3 rings (SSSR count). The molecule has 3 heterocycles. The Labute approximate surface area is 119 Å². The Bertz CT molecular complexity index is 692. The smallest absolute Gasteiger partial charge is 0.225 e. The van der Waals surface area contributed by atoms with Crippen LogP contribution in [0, 0.1) is 6.92 Å². The highest BCUT2D eigenvalue weighted by Crippen LogP contribution is 2.29. The van der Waals surface area contributed by atoms with Gasteiger partial charge in [-0.05, 0) is 24.6 Å². The molecule has 2 N–H and O–H groups in total. The maximum atomic E-state index is 5.94. The Hall–Kier alpha value is -1.66. The van der Waals surface area contributed by atoms with Crippen molar-refractivity contribution in [1.29, 1.82) is 0 Å². The summed E-state index contributed by atoms with van der Waals surface area (Å²) in [6.07, 6.45) is 4.35. The van der Waals surface area contributed by atoms with Crippen molar-refractivity contribution in [1.82, 2.24) is 19.9 Å². The Morgan fingerprint density at radius 3 is 3.11 bits per heavy atom. The molecule has 0 atom stereocenters. The summed E-state index contributed by atoms with van der Waals surface area (Å²) in [6, 6.07) is 2.08. The van der Waals surface area contributed by atoms with Crippen molar-refractivity contribution in [3.05, 3.63) is 34.4 Å². The first-order chi connectivity index (χ1) is 9.22. The van der Waals surface area contributed by atoms with Crippen LogP contribution in [0.1, 0.15) is 10.6 Å². The molecular formula is C12H12ClN5S. The lowest BCUT2D eigenvalue weighted by atomic mass is 10.3. The molecule has 0 aliphatic rings. The van der Waals surface area contributed by atoms with Crippen LogP contribution in [0.3, 0.4) is 0 Å². The molecule has 0 aliphatic heterocycles.